The molecular formula is C33H23N3O2. The Kier molecular flexibility index (Phi) is 6.55. The van der Waals surface area contributed by atoms with Crippen molar-refractivity contribution in [3.63, 3.8) is 0 Å². The van der Waals surface area contributed by atoms with E-state index >= 15 is 0 Å². The van der Waals surface area contributed by atoms with Gasteiger partial charge in [0.15, 0.2) is 17.5 Å². The van der Waals surface area contributed by atoms with E-state index in [0.717, 1.165) is 39.7 Å². The molecule has 5 nitrogen and oxygen atoms in total. The summed E-state index contributed by atoms with van der Waals surface area (Å²) in [5.41, 5.74) is 2.66. The Labute approximate surface area is 221 Å². The highest BCUT2D eigenvalue weighted by molar-refractivity contribution is 5.67. The zero-order valence-electron chi connectivity index (χ0n) is 20.4. The van der Waals surface area contributed by atoms with Gasteiger partial charge in [-0.05, 0) is 72.8 Å². The molecule has 5 heteroatoms. The zero-order chi connectivity index (χ0) is 25.6. The molecule has 0 atom stereocenters. The van der Waals surface area contributed by atoms with Gasteiger partial charge < -0.3 is 9.47 Å². The van der Waals surface area contributed by atoms with E-state index in [0.29, 0.717) is 17.5 Å². The van der Waals surface area contributed by atoms with E-state index in [1.807, 2.05) is 140 Å². The van der Waals surface area contributed by atoms with Crippen LogP contribution >= 0.6 is 0 Å². The normalized spacial score (nSPS) is 10.6. The lowest BCUT2D eigenvalue weighted by molar-refractivity contribution is 0.482. The molecule has 6 rings (SSSR count). The van der Waals surface area contributed by atoms with Crippen LogP contribution in [0.4, 0.5) is 0 Å². The van der Waals surface area contributed by atoms with Gasteiger partial charge in [0.05, 0.1) is 0 Å². The lowest BCUT2D eigenvalue weighted by Crippen LogP contribution is -2.00. The minimum atomic E-state index is 0.588. The van der Waals surface area contributed by atoms with Crippen molar-refractivity contribution in [3.05, 3.63) is 140 Å². The highest BCUT2D eigenvalue weighted by Gasteiger charge is 2.13. The number of hydrogen-bond acceptors (Lipinski definition) is 5. The Bertz CT molecular complexity index is 1520. The summed E-state index contributed by atoms with van der Waals surface area (Å²) >= 11 is 0. The molecule has 0 fully saturated rings. The minimum absolute atomic E-state index is 0.588. The van der Waals surface area contributed by atoms with Crippen LogP contribution in [0.5, 0.6) is 23.0 Å². The second-order valence-corrected chi connectivity index (χ2v) is 8.55. The Morgan fingerprint density at radius 2 is 0.579 bits per heavy atom. The van der Waals surface area contributed by atoms with Crippen molar-refractivity contribution in [2.75, 3.05) is 0 Å². The lowest BCUT2D eigenvalue weighted by atomic mass is 10.1. The van der Waals surface area contributed by atoms with E-state index in [4.69, 9.17) is 24.4 Å². The molecular weight excluding hydrogens is 470 g/mol. The standard InChI is InChI=1S/C33H23N3O2/c1-4-10-24(11-5-1)31-34-32(25-16-20-29(21-17-25)37-27-12-6-2-7-13-27)36-33(35-31)26-18-22-30(23-19-26)38-28-14-8-3-9-15-28/h1-23H. The second-order valence-electron chi connectivity index (χ2n) is 8.55. The number of rotatable bonds is 7. The summed E-state index contributed by atoms with van der Waals surface area (Å²) in [5, 5.41) is 0. The van der Waals surface area contributed by atoms with E-state index < -0.39 is 0 Å². The summed E-state index contributed by atoms with van der Waals surface area (Å²) in [6, 6.07) is 44.9. The second kappa shape index (κ2) is 10.8. The first kappa shape index (κ1) is 23.1. The maximum Gasteiger partial charge on any atom is 0.164 e. The summed E-state index contributed by atoms with van der Waals surface area (Å²) in [6.07, 6.45) is 0. The summed E-state index contributed by atoms with van der Waals surface area (Å²) < 4.78 is 11.9. The lowest BCUT2D eigenvalue weighted by Gasteiger charge is -2.10. The molecule has 0 N–H and O–H groups in total. The van der Waals surface area contributed by atoms with Crippen LogP contribution in [-0.4, -0.2) is 15.0 Å². The number of nitrogens with zero attached hydrogens (tertiary/aromatic N) is 3. The first-order valence-electron chi connectivity index (χ1n) is 12.3. The van der Waals surface area contributed by atoms with E-state index in [2.05, 4.69) is 0 Å². The van der Waals surface area contributed by atoms with Crippen molar-refractivity contribution in [1.82, 2.24) is 15.0 Å². The fraction of sp³-hybridized carbons (Fsp3) is 0. The predicted molar refractivity (Wildman–Crippen MR) is 149 cm³/mol. The van der Waals surface area contributed by atoms with Crippen LogP contribution in [0.25, 0.3) is 34.2 Å². The fourth-order valence-corrected chi connectivity index (χ4v) is 3.94. The smallest absolute Gasteiger partial charge is 0.164 e. The van der Waals surface area contributed by atoms with Gasteiger partial charge in [0.1, 0.15) is 23.0 Å². The number of benzene rings is 5. The third-order valence-electron chi connectivity index (χ3n) is 5.85. The van der Waals surface area contributed by atoms with Crippen LogP contribution in [0.1, 0.15) is 0 Å². The monoisotopic (exact) mass is 493 g/mol. The van der Waals surface area contributed by atoms with Gasteiger partial charge in [-0.25, -0.2) is 15.0 Å². The highest BCUT2D eigenvalue weighted by Crippen LogP contribution is 2.29. The molecule has 0 spiro atoms. The Morgan fingerprint density at radius 1 is 0.289 bits per heavy atom. The van der Waals surface area contributed by atoms with E-state index in [1.54, 1.807) is 0 Å². The molecule has 0 bridgehead atoms. The van der Waals surface area contributed by atoms with Crippen LogP contribution in [0, 0.1) is 0 Å². The molecule has 182 valence electrons. The van der Waals surface area contributed by atoms with Crippen molar-refractivity contribution in [2.45, 2.75) is 0 Å². The third-order valence-corrected chi connectivity index (χ3v) is 5.85. The van der Waals surface area contributed by atoms with Gasteiger partial charge >= 0.3 is 0 Å². The van der Waals surface area contributed by atoms with E-state index in [1.165, 1.54) is 0 Å². The van der Waals surface area contributed by atoms with Crippen molar-refractivity contribution >= 4 is 0 Å². The number of hydrogen-bond donors (Lipinski definition) is 0. The van der Waals surface area contributed by atoms with Crippen LogP contribution in [-0.2, 0) is 0 Å². The Hall–Kier alpha value is -5.29. The van der Waals surface area contributed by atoms with Crippen LogP contribution < -0.4 is 9.47 Å². The average Bonchev–Trinajstić information content (AvgIpc) is 2.99. The molecule has 0 unspecified atom stereocenters. The molecule has 0 saturated heterocycles. The molecule has 1 aromatic heterocycles. The van der Waals surface area contributed by atoms with Crippen molar-refractivity contribution in [1.29, 1.82) is 0 Å². The van der Waals surface area contributed by atoms with Gasteiger partial charge in [0.25, 0.3) is 0 Å². The first-order chi connectivity index (χ1) is 18.8. The molecule has 38 heavy (non-hydrogen) atoms. The van der Waals surface area contributed by atoms with Crippen molar-refractivity contribution < 1.29 is 9.47 Å². The van der Waals surface area contributed by atoms with Gasteiger partial charge in [-0.15, -0.1) is 0 Å². The molecule has 0 amide bonds. The Balaban J connectivity index is 1.33. The largest absolute Gasteiger partial charge is 0.457 e. The van der Waals surface area contributed by atoms with Gasteiger partial charge in [0.2, 0.25) is 0 Å². The van der Waals surface area contributed by atoms with Crippen LogP contribution in [0.15, 0.2) is 140 Å². The average molecular weight is 494 g/mol. The molecule has 0 aliphatic carbocycles. The molecule has 0 aliphatic rings. The van der Waals surface area contributed by atoms with E-state index in [9.17, 15) is 0 Å². The molecule has 0 aliphatic heterocycles. The van der Waals surface area contributed by atoms with Gasteiger partial charge in [-0.2, -0.15) is 0 Å². The van der Waals surface area contributed by atoms with Crippen LogP contribution in [0.2, 0.25) is 0 Å². The molecule has 0 radical (unpaired) electrons. The van der Waals surface area contributed by atoms with Gasteiger partial charge in [-0.1, -0.05) is 66.7 Å². The number of aromatic nitrogens is 3. The summed E-state index contributed by atoms with van der Waals surface area (Å²) in [6.45, 7) is 0. The maximum absolute atomic E-state index is 5.94. The van der Waals surface area contributed by atoms with Gasteiger partial charge in [0, 0.05) is 16.7 Å². The van der Waals surface area contributed by atoms with E-state index in [-0.39, 0.29) is 0 Å². The zero-order valence-corrected chi connectivity index (χ0v) is 20.4. The maximum atomic E-state index is 5.94. The summed E-state index contributed by atoms with van der Waals surface area (Å²) in [7, 11) is 0. The topological polar surface area (TPSA) is 57.1 Å². The molecule has 1 heterocycles. The molecule has 0 saturated carbocycles. The quantitative estimate of drug-likeness (QED) is 0.223. The van der Waals surface area contributed by atoms with Gasteiger partial charge in [-0.3, -0.25) is 0 Å². The van der Waals surface area contributed by atoms with Crippen molar-refractivity contribution in [3.8, 4) is 57.2 Å². The highest BCUT2D eigenvalue weighted by atomic mass is 16.5. The first-order valence-corrected chi connectivity index (χ1v) is 12.3. The number of para-hydroxylation sites is 2. The van der Waals surface area contributed by atoms with Crippen molar-refractivity contribution in [2.24, 2.45) is 0 Å². The SMILES string of the molecule is c1ccc(Oc2ccc(-c3nc(-c4ccccc4)nc(-c4ccc(Oc5ccccc5)cc4)n3)cc2)cc1. The number of ether oxygens (including phenoxy) is 2. The molecule has 6 aromatic rings. The van der Waals surface area contributed by atoms with Crippen LogP contribution in [0.3, 0.4) is 0 Å². The summed E-state index contributed by atoms with van der Waals surface area (Å²) in [5.74, 6) is 4.84. The Morgan fingerprint density at radius 3 is 0.947 bits per heavy atom. The minimum Gasteiger partial charge on any atom is -0.457 e. The predicted octanol–water partition coefficient (Wildman–Crippen LogP) is 8.46. The third kappa shape index (κ3) is 5.42. The fourth-order valence-electron chi connectivity index (χ4n) is 3.94. The molecule has 5 aromatic carbocycles. The summed E-state index contributed by atoms with van der Waals surface area (Å²) in [4.78, 5) is 14.4.